The molecule has 226 valence electrons. The molecule has 7 bridgehead atoms. The summed E-state index contributed by atoms with van der Waals surface area (Å²) < 4.78 is 31.1. The minimum Gasteiger partial charge on any atom is -0.458 e. The Bertz CT molecular complexity index is 1180. The smallest absolute Gasteiger partial charge is 0.338 e. The van der Waals surface area contributed by atoms with Crippen LogP contribution in [-0.2, 0) is 23.7 Å². The third kappa shape index (κ3) is 3.14. The van der Waals surface area contributed by atoms with Crippen molar-refractivity contribution in [2.24, 2.45) is 34.5 Å². The number of fused-ring (bicyclic) bond motifs is 2. The Morgan fingerprint density at radius 2 is 1.83 bits per heavy atom. The van der Waals surface area contributed by atoms with Gasteiger partial charge in [0.1, 0.15) is 17.3 Å². The molecule has 1 saturated heterocycles. The van der Waals surface area contributed by atoms with Gasteiger partial charge in [-0.1, -0.05) is 25.1 Å². The topological polar surface area (TPSA) is 107 Å². The number of aliphatic hydroxyl groups is 2. The number of rotatable bonds is 8. The number of carbonyl (C=O) groups excluding carboxylic acids is 1. The van der Waals surface area contributed by atoms with Crippen molar-refractivity contribution in [3.8, 4) is 0 Å². The number of methoxy groups -OCH3 is 4. The van der Waals surface area contributed by atoms with Crippen LogP contribution in [0, 0.1) is 34.5 Å². The lowest BCUT2D eigenvalue weighted by molar-refractivity contribution is -0.318. The van der Waals surface area contributed by atoms with Gasteiger partial charge in [-0.05, 0) is 43.9 Å². The van der Waals surface area contributed by atoms with Crippen molar-refractivity contribution in [3.05, 3.63) is 35.9 Å². The van der Waals surface area contributed by atoms with Gasteiger partial charge >= 0.3 is 5.97 Å². The molecule has 41 heavy (non-hydrogen) atoms. The van der Waals surface area contributed by atoms with E-state index in [9.17, 15) is 15.0 Å². The van der Waals surface area contributed by atoms with Crippen LogP contribution in [0.15, 0.2) is 30.3 Å². The first-order valence-corrected chi connectivity index (χ1v) is 15.3. The van der Waals surface area contributed by atoms with Crippen LogP contribution in [0.1, 0.15) is 43.0 Å². The second-order valence-electron chi connectivity index (χ2n) is 13.7. The summed E-state index contributed by atoms with van der Waals surface area (Å²) in [6, 6.07) is 8.62. The fraction of sp³-hybridized carbons (Fsp3) is 0.781. The molecule has 2 N–H and O–H groups in total. The maximum atomic E-state index is 13.5. The fourth-order valence-electron chi connectivity index (χ4n) is 11.9. The van der Waals surface area contributed by atoms with Crippen LogP contribution < -0.4 is 0 Å². The Hall–Kier alpha value is -1.59. The number of piperidine rings is 1. The van der Waals surface area contributed by atoms with Gasteiger partial charge in [-0.2, -0.15) is 0 Å². The third-order valence-electron chi connectivity index (χ3n) is 12.7. The molecule has 6 aliphatic rings. The van der Waals surface area contributed by atoms with E-state index in [1.807, 2.05) is 18.2 Å². The SMILES string of the molecule is CCN1C[C@]2(COC)CC[C@@H](OC)[C@@]34[C@@H]5C[C@H]6[C@H](OC(=O)c7ccccc7)[C@@H]5[C@](O)(C[C@@H]6OC)[C@@](O)([C@@H](OC)[C@H]23)[C@@H]14. The van der Waals surface area contributed by atoms with Crippen LogP contribution in [0.25, 0.3) is 0 Å². The number of likely N-dealkylation sites (tertiary alicyclic amines) is 1. The Morgan fingerprint density at radius 3 is 2.46 bits per heavy atom. The summed E-state index contributed by atoms with van der Waals surface area (Å²) in [6.45, 7) is 4.16. The van der Waals surface area contributed by atoms with E-state index in [-0.39, 0.29) is 47.8 Å². The number of ether oxygens (including phenoxy) is 5. The van der Waals surface area contributed by atoms with Crippen molar-refractivity contribution in [2.75, 3.05) is 48.1 Å². The van der Waals surface area contributed by atoms with Gasteiger partial charge in [0.2, 0.25) is 0 Å². The first-order chi connectivity index (χ1) is 19.7. The molecule has 1 aliphatic heterocycles. The average Bonchev–Trinajstić information content (AvgIpc) is 3.37. The van der Waals surface area contributed by atoms with E-state index in [2.05, 4.69) is 11.8 Å². The van der Waals surface area contributed by atoms with Gasteiger partial charge in [0.15, 0.2) is 0 Å². The number of hydrogen-bond acceptors (Lipinski definition) is 9. The van der Waals surface area contributed by atoms with Crippen molar-refractivity contribution < 1.29 is 38.7 Å². The molecule has 1 aromatic carbocycles. The summed E-state index contributed by atoms with van der Waals surface area (Å²) in [5, 5.41) is 26.5. The number of esters is 1. The minimum atomic E-state index is -1.64. The van der Waals surface area contributed by atoms with Crippen LogP contribution in [0.4, 0.5) is 0 Å². The number of hydrogen-bond donors (Lipinski definition) is 2. The van der Waals surface area contributed by atoms with E-state index in [0.29, 0.717) is 12.2 Å². The molecular weight excluding hydrogens is 526 g/mol. The van der Waals surface area contributed by atoms with E-state index >= 15 is 0 Å². The lowest BCUT2D eigenvalue weighted by atomic mass is 9.42. The molecule has 0 aromatic heterocycles. The molecule has 1 spiro atoms. The summed E-state index contributed by atoms with van der Waals surface area (Å²) in [4.78, 5) is 15.9. The zero-order valence-corrected chi connectivity index (χ0v) is 24.8. The second kappa shape index (κ2) is 9.45. The predicted molar refractivity (Wildman–Crippen MR) is 148 cm³/mol. The lowest BCUT2D eigenvalue weighted by Gasteiger charge is -2.70. The van der Waals surface area contributed by atoms with Gasteiger partial charge in [-0.3, -0.25) is 4.90 Å². The minimum absolute atomic E-state index is 0.0718. The highest BCUT2D eigenvalue weighted by atomic mass is 16.6. The molecule has 0 unspecified atom stereocenters. The van der Waals surface area contributed by atoms with Crippen LogP contribution in [0.5, 0.6) is 0 Å². The maximum Gasteiger partial charge on any atom is 0.338 e. The van der Waals surface area contributed by atoms with Crippen molar-refractivity contribution in [2.45, 2.75) is 74.3 Å². The number of likely N-dealkylation sites (N-methyl/N-ethyl adjacent to an activating group) is 1. The standard InChI is InChI=1S/C32H45NO8/c1-6-33-16-29(17-37-2)13-12-22(39-4)31-20-14-19-21(38-3)15-30(35,32(36,28(31)33)26(40-5)25(29)31)23(20)24(19)41-27(34)18-10-8-7-9-11-18/h7-11,19-26,28,35-36H,6,12-17H2,1-5H3/t19-,20-,21+,22-,23-,24+,25-,26+,28+,29+,30-,31+,32-/m1/s1. The normalized spacial score (nSPS) is 51.0. The Morgan fingerprint density at radius 1 is 1.07 bits per heavy atom. The summed E-state index contributed by atoms with van der Waals surface area (Å²) in [5.74, 6) is -1.17. The number of nitrogens with zero attached hydrogens (tertiary/aromatic N) is 1. The Balaban J connectivity index is 1.45. The summed E-state index contributed by atoms with van der Waals surface area (Å²) in [7, 11) is 6.84. The highest BCUT2D eigenvalue weighted by Crippen LogP contribution is 2.80. The zero-order chi connectivity index (χ0) is 28.9. The lowest BCUT2D eigenvalue weighted by Crippen LogP contribution is -2.82. The molecule has 0 radical (unpaired) electrons. The van der Waals surface area contributed by atoms with Gasteiger partial charge in [-0.25, -0.2) is 4.79 Å². The molecule has 5 aliphatic carbocycles. The number of carbonyl (C=O) groups is 1. The summed E-state index contributed by atoms with van der Waals surface area (Å²) in [6.07, 6.45) is 0.923. The summed E-state index contributed by atoms with van der Waals surface area (Å²) >= 11 is 0. The van der Waals surface area contributed by atoms with Crippen molar-refractivity contribution in [3.63, 3.8) is 0 Å². The predicted octanol–water partition coefficient (Wildman–Crippen LogP) is 2.14. The van der Waals surface area contributed by atoms with E-state index in [1.165, 1.54) is 0 Å². The van der Waals surface area contributed by atoms with E-state index in [0.717, 1.165) is 32.4 Å². The molecule has 7 rings (SSSR count). The Labute approximate surface area is 242 Å². The first-order valence-electron chi connectivity index (χ1n) is 15.3. The Kier molecular flexibility index (Phi) is 6.50. The van der Waals surface area contributed by atoms with Gasteiger partial charge in [0, 0.05) is 70.0 Å². The largest absolute Gasteiger partial charge is 0.458 e. The van der Waals surface area contributed by atoms with Crippen LogP contribution in [0.3, 0.4) is 0 Å². The fourth-order valence-corrected chi connectivity index (χ4v) is 11.9. The van der Waals surface area contributed by atoms with Gasteiger partial charge in [0.25, 0.3) is 0 Å². The zero-order valence-electron chi connectivity index (χ0n) is 24.8. The van der Waals surface area contributed by atoms with Crippen molar-refractivity contribution in [1.29, 1.82) is 0 Å². The van der Waals surface area contributed by atoms with Crippen LogP contribution >= 0.6 is 0 Å². The highest BCUT2D eigenvalue weighted by molar-refractivity contribution is 5.89. The molecule has 5 saturated carbocycles. The van der Waals surface area contributed by atoms with Gasteiger partial charge < -0.3 is 33.9 Å². The highest BCUT2D eigenvalue weighted by Gasteiger charge is 2.91. The molecule has 0 amide bonds. The van der Waals surface area contributed by atoms with Crippen molar-refractivity contribution in [1.82, 2.24) is 4.90 Å². The molecule has 13 atom stereocenters. The quantitative estimate of drug-likeness (QED) is 0.454. The van der Waals surface area contributed by atoms with Gasteiger partial charge in [-0.15, -0.1) is 0 Å². The number of benzene rings is 1. The van der Waals surface area contributed by atoms with E-state index < -0.39 is 40.7 Å². The second-order valence-corrected chi connectivity index (χ2v) is 13.7. The third-order valence-corrected chi connectivity index (χ3v) is 12.7. The summed E-state index contributed by atoms with van der Waals surface area (Å²) in [5.41, 5.74) is -3.56. The average molecular weight is 572 g/mol. The molecule has 1 heterocycles. The molecule has 9 heteroatoms. The monoisotopic (exact) mass is 571 g/mol. The van der Waals surface area contributed by atoms with E-state index in [4.69, 9.17) is 23.7 Å². The van der Waals surface area contributed by atoms with Crippen LogP contribution in [0.2, 0.25) is 0 Å². The molecule has 6 fully saturated rings. The maximum absolute atomic E-state index is 13.5. The molecular formula is C32H45NO8. The van der Waals surface area contributed by atoms with Crippen LogP contribution in [-0.4, -0.2) is 111 Å². The first kappa shape index (κ1) is 28.2. The van der Waals surface area contributed by atoms with Gasteiger partial charge in [0.05, 0.1) is 36.5 Å². The van der Waals surface area contributed by atoms with Crippen molar-refractivity contribution >= 4 is 5.97 Å². The molecule has 1 aromatic rings. The van der Waals surface area contributed by atoms with E-state index in [1.54, 1.807) is 40.6 Å². The molecule has 9 nitrogen and oxygen atoms in total.